The van der Waals surface area contributed by atoms with Crippen molar-refractivity contribution in [3.63, 3.8) is 0 Å². The number of rotatable bonds is 3. The first-order valence-corrected chi connectivity index (χ1v) is 7.27. The van der Waals surface area contributed by atoms with Gasteiger partial charge >= 0.3 is 0 Å². The van der Waals surface area contributed by atoms with Crippen LogP contribution in [0.1, 0.15) is 29.5 Å². The maximum absolute atomic E-state index is 5.63. The molecule has 0 N–H and O–H groups in total. The van der Waals surface area contributed by atoms with E-state index >= 15 is 0 Å². The fourth-order valence-electron chi connectivity index (χ4n) is 3.05. The molecule has 0 saturated heterocycles. The Bertz CT molecular complexity index is 579. The Kier molecular flexibility index (Phi) is 3.75. The molecule has 1 aliphatic heterocycles. The second-order valence-corrected chi connectivity index (χ2v) is 5.45. The second kappa shape index (κ2) is 5.68. The van der Waals surface area contributed by atoms with E-state index in [2.05, 4.69) is 60.5 Å². The molecular formula is C18H21NO. The summed E-state index contributed by atoms with van der Waals surface area (Å²) in [5.41, 5.74) is 4.22. The average Bonchev–Trinajstić information content (AvgIpc) is 2.47. The number of fused-ring (bicyclic) bond motifs is 1. The fraction of sp³-hybridized carbons (Fsp3) is 0.333. The van der Waals surface area contributed by atoms with Crippen LogP contribution in [-0.4, -0.2) is 25.1 Å². The smallest absolute Gasteiger partial charge is 0.119 e. The SMILES string of the molecule is CCOc1ccc2c(c1)CN(C)C[C@H]2c1ccccc1. The lowest BCUT2D eigenvalue weighted by Gasteiger charge is -2.33. The topological polar surface area (TPSA) is 12.5 Å². The first kappa shape index (κ1) is 13.2. The minimum atomic E-state index is 0.459. The number of ether oxygens (including phenoxy) is 1. The predicted octanol–water partition coefficient (Wildman–Crippen LogP) is 3.66. The zero-order chi connectivity index (χ0) is 13.9. The van der Waals surface area contributed by atoms with Crippen LogP contribution in [0.5, 0.6) is 5.75 Å². The Labute approximate surface area is 121 Å². The Hall–Kier alpha value is -1.80. The largest absolute Gasteiger partial charge is 0.494 e. The molecule has 2 heteroatoms. The maximum Gasteiger partial charge on any atom is 0.119 e. The van der Waals surface area contributed by atoms with Crippen molar-refractivity contribution < 1.29 is 4.74 Å². The van der Waals surface area contributed by atoms with Crippen LogP contribution >= 0.6 is 0 Å². The van der Waals surface area contributed by atoms with Crippen molar-refractivity contribution >= 4 is 0 Å². The number of nitrogens with zero attached hydrogens (tertiary/aromatic N) is 1. The van der Waals surface area contributed by atoms with E-state index in [0.717, 1.165) is 25.4 Å². The third-order valence-corrected chi connectivity index (χ3v) is 3.94. The van der Waals surface area contributed by atoms with Crippen LogP contribution in [-0.2, 0) is 6.54 Å². The van der Waals surface area contributed by atoms with Gasteiger partial charge in [0.2, 0.25) is 0 Å². The zero-order valence-electron chi connectivity index (χ0n) is 12.2. The van der Waals surface area contributed by atoms with Crippen LogP contribution < -0.4 is 4.74 Å². The van der Waals surface area contributed by atoms with Crippen molar-refractivity contribution in [2.75, 3.05) is 20.2 Å². The second-order valence-electron chi connectivity index (χ2n) is 5.45. The van der Waals surface area contributed by atoms with E-state index in [4.69, 9.17) is 4.74 Å². The van der Waals surface area contributed by atoms with Crippen molar-refractivity contribution in [2.45, 2.75) is 19.4 Å². The van der Waals surface area contributed by atoms with E-state index in [1.54, 1.807) is 0 Å². The van der Waals surface area contributed by atoms with E-state index in [9.17, 15) is 0 Å². The summed E-state index contributed by atoms with van der Waals surface area (Å²) in [6.07, 6.45) is 0. The summed E-state index contributed by atoms with van der Waals surface area (Å²) in [4.78, 5) is 2.38. The number of hydrogen-bond acceptors (Lipinski definition) is 2. The molecule has 0 saturated carbocycles. The summed E-state index contributed by atoms with van der Waals surface area (Å²) < 4.78 is 5.63. The maximum atomic E-state index is 5.63. The van der Waals surface area contributed by atoms with Gasteiger partial charge in [-0.1, -0.05) is 36.4 Å². The highest BCUT2D eigenvalue weighted by Gasteiger charge is 2.24. The minimum Gasteiger partial charge on any atom is -0.494 e. The van der Waals surface area contributed by atoms with E-state index in [-0.39, 0.29) is 0 Å². The third kappa shape index (κ3) is 2.56. The van der Waals surface area contributed by atoms with E-state index in [1.165, 1.54) is 16.7 Å². The van der Waals surface area contributed by atoms with Gasteiger partial charge in [-0.3, -0.25) is 0 Å². The zero-order valence-corrected chi connectivity index (χ0v) is 12.2. The van der Waals surface area contributed by atoms with E-state index in [1.807, 2.05) is 6.92 Å². The standard InChI is InChI=1S/C18H21NO/c1-3-20-16-9-10-17-15(11-16)12-19(2)13-18(17)14-7-5-4-6-8-14/h4-11,18H,3,12-13H2,1-2H3/t18-/m0/s1. The molecule has 0 aliphatic carbocycles. The normalized spacial score (nSPS) is 18.6. The molecule has 2 nitrogen and oxygen atoms in total. The third-order valence-electron chi connectivity index (χ3n) is 3.94. The molecule has 0 radical (unpaired) electrons. The summed E-state index contributed by atoms with van der Waals surface area (Å²) in [6.45, 7) is 4.82. The van der Waals surface area contributed by atoms with E-state index < -0.39 is 0 Å². The van der Waals surface area contributed by atoms with Crippen LogP contribution in [0, 0.1) is 0 Å². The molecule has 1 heterocycles. The van der Waals surface area contributed by atoms with Crippen molar-refractivity contribution in [1.82, 2.24) is 4.90 Å². The fourth-order valence-corrected chi connectivity index (χ4v) is 3.05. The first-order chi connectivity index (χ1) is 9.78. The molecule has 20 heavy (non-hydrogen) atoms. The van der Waals surface area contributed by atoms with Crippen molar-refractivity contribution in [1.29, 1.82) is 0 Å². The predicted molar refractivity (Wildman–Crippen MR) is 82.2 cm³/mol. The minimum absolute atomic E-state index is 0.459. The Morgan fingerprint density at radius 3 is 2.70 bits per heavy atom. The van der Waals surface area contributed by atoms with Gasteiger partial charge in [0.25, 0.3) is 0 Å². The van der Waals surface area contributed by atoms with Crippen LogP contribution in [0.4, 0.5) is 0 Å². The molecule has 1 atom stereocenters. The Morgan fingerprint density at radius 2 is 1.95 bits per heavy atom. The van der Waals surface area contributed by atoms with Crippen LogP contribution in [0.15, 0.2) is 48.5 Å². The number of likely N-dealkylation sites (N-methyl/N-ethyl adjacent to an activating group) is 1. The average molecular weight is 267 g/mol. The molecular weight excluding hydrogens is 246 g/mol. The van der Waals surface area contributed by atoms with Gasteiger partial charge in [-0.05, 0) is 42.8 Å². The summed E-state index contributed by atoms with van der Waals surface area (Å²) in [6, 6.07) is 17.3. The molecule has 0 amide bonds. The van der Waals surface area contributed by atoms with Crippen LogP contribution in [0.2, 0.25) is 0 Å². The van der Waals surface area contributed by atoms with Gasteiger partial charge < -0.3 is 9.64 Å². The lowest BCUT2D eigenvalue weighted by atomic mass is 9.85. The Morgan fingerprint density at radius 1 is 1.15 bits per heavy atom. The highest BCUT2D eigenvalue weighted by Crippen LogP contribution is 2.34. The van der Waals surface area contributed by atoms with Crippen LogP contribution in [0.3, 0.4) is 0 Å². The summed E-state index contributed by atoms with van der Waals surface area (Å²) in [5.74, 6) is 1.44. The van der Waals surface area contributed by atoms with Crippen molar-refractivity contribution in [3.05, 3.63) is 65.2 Å². The summed E-state index contributed by atoms with van der Waals surface area (Å²) >= 11 is 0. The molecule has 0 fully saturated rings. The van der Waals surface area contributed by atoms with Gasteiger partial charge in [0.05, 0.1) is 6.61 Å². The van der Waals surface area contributed by atoms with E-state index in [0.29, 0.717) is 5.92 Å². The number of hydrogen-bond donors (Lipinski definition) is 0. The summed E-state index contributed by atoms with van der Waals surface area (Å²) in [5, 5.41) is 0. The van der Waals surface area contributed by atoms with Gasteiger partial charge in [0, 0.05) is 19.0 Å². The van der Waals surface area contributed by atoms with Gasteiger partial charge in [0.15, 0.2) is 0 Å². The van der Waals surface area contributed by atoms with Gasteiger partial charge in [-0.2, -0.15) is 0 Å². The quantitative estimate of drug-likeness (QED) is 0.841. The molecule has 0 bridgehead atoms. The number of benzene rings is 2. The van der Waals surface area contributed by atoms with Gasteiger partial charge in [0.1, 0.15) is 5.75 Å². The molecule has 3 rings (SSSR count). The van der Waals surface area contributed by atoms with Crippen LogP contribution in [0.25, 0.3) is 0 Å². The molecule has 1 aliphatic rings. The lowest BCUT2D eigenvalue weighted by Crippen LogP contribution is -2.30. The molecule has 0 unspecified atom stereocenters. The highest BCUT2D eigenvalue weighted by molar-refractivity contribution is 5.44. The van der Waals surface area contributed by atoms with Gasteiger partial charge in [-0.15, -0.1) is 0 Å². The molecule has 104 valence electrons. The monoisotopic (exact) mass is 267 g/mol. The van der Waals surface area contributed by atoms with Crippen molar-refractivity contribution in [2.24, 2.45) is 0 Å². The first-order valence-electron chi connectivity index (χ1n) is 7.27. The molecule has 2 aromatic carbocycles. The molecule has 2 aromatic rings. The molecule has 0 aromatic heterocycles. The Balaban J connectivity index is 2.00. The summed E-state index contributed by atoms with van der Waals surface area (Å²) in [7, 11) is 2.19. The highest BCUT2D eigenvalue weighted by atomic mass is 16.5. The van der Waals surface area contributed by atoms with Gasteiger partial charge in [-0.25, -0.2) is 0 Å². The lowest BCUT2D eigenvalue weighted by molar-refractivity contribution is 0.292. The van der Waals surface area contributed by atoms with Crippen molar-refractivity contribution in [3.8, 4) is 5.75 Å². The molecule has 0 spiro atoms.